The average molecular weight is 463 g/mol. The highest BCUT2D eigenvalue weighted by Gasteiger charge is 2.26. The minimum atomic E-state index is -4.18. The number of hydrogen-bond donors (Lipinski definition) is 0. The van der Waals surface area contributed by atoms with Gasteiger partial charge < -0.3 is 0 Å². The summed E-state index contributed by atoms with van der Waals surface area (Å²) in [6.07, 6.45) is 18.0. The zero-order valence-corrected chi connectivity index (χ0v) is 20.7. The van der Waals surface area contributed by atoms with Crippen LogP contribution in [0.4, 0.5) is 13.2 Å². The van der Waals surface area contributed by atoms with E-state index in [-0.39, 0.29) is 5.92 Å². The predicted octanol–water partition coefficient (Wildman–Crippen LogP) is 10.5. The van der Waals surface area contributed by atoms with E-state index in [2.05, 4.69) is 31.2 Å². The topological polar surface area (TPSA) is 0 Å². The van der Waals surface area contributed by atoms with Gasteiger partial charge in [0.2, 0.25) is 0 Å². The largest absolute Gasteiger partial charge is 0.409 e. The minimum absolute atomic E-state index is 0.0818. The van der Waals surface area contributed by atoms with Gasteiger partial charge in [-0.2, -0.15) is 13.2 Å². The molecule has 2 fully saturated rings. The summed E-state index contributed by atoms with van der Waals surface area (Å²) in [5, 5.41) is 0. The molecule has 0 N–H and O–H groups in total. The molecule has 1 aromatic carbocycles. The highest BCUT2D eigenvalue weighted by atomic mass is 19.4. The summed E-state index contributed by atoms with van der Waals surface area (Å²) in [4.78, 5) is 0. The van der Waals surface area contributed by atoms with E-state index in [1.807, 2.05) is 0 Å². The van der Waals surface area contributed by atoms with Crippen molar-refractivity contribution < 1.29 is 13.2 Å². The Kier molecular flexibility index (Phi) is 10.9. The first-order valence-corrected chi connectivity index (χ1v) is 13.8. The molecule has 0 atom stereocenters. The van der Waals surface area contributed by atoms with Crippen LogP contribution in [0.15, 0.2) is 36.4 Å². The van der Waals surface area contributed by atoms with Crippen LogP contribution >= 0.6 is 0 Å². The van der Waals surface area contributed by atoms with Gasteiger partial charge >= 0.3 is 6.18 Å². The van der Waals surface area contributed by atoms with E-state index >= 15 is 0 Å². The molecule has 0 spiro atoms. The lowest BCUT2D eigenvalue weighted by Gasteiger charge is -2.30. The van der Waals surface area contributed by atoms with E-state index in [0.717, 1.165) is 31.6 Å². The number of unbranched alkanes of at least 4 members (excludes halogenated alkanes) is 6. The molecule has 0 saturated heterocycles. The van der Waals surface area contributed by atoms with Crippen LogP contribution in [0, 0.1) is 11.8 Å². The fourth-order valence-corrected chi connectivity index (χ4v) is 6.11. The zero-order chi connectivity index (χ0) is 23.5. The second kappa shape index (κ2) is 13.6. The Labute approximate surface area is 200 Å². The third-order valence-electron chi connectivity index (χ3n) is 8.27. The molecule has 0 unspecified atom stereocenters. The van der Waals surface area contributed by atoms with Crippen LogP contribution in [-0.2, 0) is 0 Å². The van der Waals surface area contributed by atoms with Crippen LogP contribution < -0.4 is 0 Å². The Morgan fingerprint density at radius 2 is 1.18 bits per heavy atom. The van der Waals surface area contributed by atoms with Gasteiger partial charge in [-0.25, -0.2) is 0 Å². The Hall–Kier alpha value is -1.25. The molecule has 1 aromatic rings. The van der Waals surface area contributed by atoms with Gasteiger partial charge in [0.15, 0.2) is 0 Å². The van der Waals surface area contributed by atoms with Gasteiger partial charge in [-0.15, -0.1) is 0 Å². The van der Waals surface area contributed by atoms with Gasteiger partial charge in [0.05, 0.1) is 0 Å². The van der Waals surface area contributed by atoms with Crippen molar-refractivity contribution in [3.63, 3.8) is 0 Å². The van der Waals surface area contributed by atoms with Gasteiger partial charge in [0, 0.05) is 6.08 Å². The molecule has 0 nitrogen and oxygen atoms in total. The minimum Gasteiger partial charge on any atom is -0.167 e. The first-order chi connectivity index (χ1) is 15.9. The second-order valence-electron chi connectivity index (χ2n) is 10.8. The maximum Gasteiger partial charge on any atom is 0.409 e. The number of rotatable bonds is 11. The van der Waals surface area contributed by atoms with E-state index in [0.29, 0.717) is 17.9 Å². The van der Waals surface area contributed by atoms with Crippen molar-refractivity contribution in [2.75, 3.05) is 0 Å². The Bertz CT molecular complexity index is 671. The molecule has 0 aromatic heterocycles. The third kappa shape index (κ3) is 9.49. The van der Waals surface area contributed by atoms with Crippen molar-refractivity contribution in [2.45, 2.75) is 128 Å². The van der Waals surface area contributed by atoms with Crippen molar-refractivity contribution in [3.05, 3.63) is 47.5 Å². The lowest BCUT2D eigenvalue weighted by molar-refractivity contribution is -0.0803. The van der Waals surface area contributed by atoms with E-state index < -0.39 is 6.18 Å². The summed E-state index contributed by atoms with van der Waals surface area (Å²) in [6.45, 7) is 2.28. The first kappa shape index (κ1) is 26.4. The number of benzene rings is 1. The number of hydrogen-bond acceptors (Lipinski definition) is 0. The van der Waals surface area contributed by atoms with Crippen LogP contribution in [0.1, 0.15) is 133 Å². The molecule has 3 heteroatoms. The molecule has 0 heterocycles. The van der Waals surface area contributed by atoms with Crippen LogP contribution in [0.2, 0.25) is 0 Å². The van der Waals surface area contributed by atoms with Crippen LogP contribution in [0.5, 0.6) is 0 Å². The highest BCUT2D eigenvalue weighted by molar-refractivity contribution is 5.28. The highest BCUT2D eigenvalue weighted by Crippen LogP contribution is 2.40. The van der Waals surface area contributed by atoms with Crippen molar-refractivity contribution in [1.29, 1.82) is 0 Å². The van der Waals surface area contributed by atoms with Gasteiger partial charge in [-0.1, -0.05) is 88.6 Å². The molecule has 2 saturated carbocycles. The summed E-state index contributed by atoms with van der Waals surface area (Å²) in [7, 11) is 0. The van der Waals surface area contributed by atoms with Gasteiger partial charge in [-0.05, 0) is 86.2 Å². The first-order valence-electron chi connectivity index (χ1n) is 13.8. The van der Waals surface area contributed by atoms with E-state index in [1.54, 1.807) is 0 Å². The molecule has 0 radical (unpaired) electrons. The molecule has 186 valence electrons. The fraction of sp³-hybridized carbons (Fsp3) is 0.733. The van der Waals surface area contributed by atoms with Crippen molar-refractivity contribution in [3.8, 4) is 0 Å². The number of allylic oxidation sites excluding steroid dienone is 2. The predicted molar refractivity (Wildman–Crippen MR) is 134 cm³/mol. The lowest BCUT2D eigenvalue weighted by Crippen LogP contribution is -2.14. The standard InChI is InChI=1S/C30H45F3/c1-2-3-4-5-6-7-8-9-24-10-14-26(15-11-24)28-18-20-29(21-19-28)27-16-12-25(13-17-27)22-23-30(31,32)33/h18-27H,2-17H2,1H3. The summed E-state index contributed by atoms with van der Waals surface area (Å²) in [5.41, 5.74) is 2.87. The van der Waals surface area contributed by atoms with Gasteiger partial charge in [-0.3, -0.25) is 0 Å². The zero-order valence-electron chi connectivity index (χ0n) is 20.7. The number of halogens is 3. The van der Waals surface area contributed by atoms with Crippen molar-refractivity contribution in [1.82, 2.24) is 0 Å². The monoisotopic (exact) mass is 462 g/mol. The molecular weight excluding hydrogens is 417 g/mol. The van der Waals surface area contributed by atoms with Crippen LogP contribution in [-0.4, -0.2) is 6.18 Å². The van der Waals surface area contributed by atoms with Gasteiger partial charge in [0.25, 0.3) is 0 Å². The molecular formula is C30H45F3. The lowest BCUT2D eigenvalue weighted by atomic mass is 9.75. The Morgan fingerprint density at radius 3 is 1.70 bits per heavy atom. The molecule has 2 aliphatic rings. The Balaban J connectivity index is 1.34. The smallest absolute Gasteiger partial charge is 0.167 e. The quantitative estimate of drug-likeness (QED) is 0.227. The maximum atomic E-state index is 12.4. The summed E-state index contributed by atoms with van der Waals surface area (Å²) in [5.74, 6) is 2.25. The average Bonchev–Trinajstić information content (AvgIpc) is 2.83. The molecule has 0 amide bonds. The van der Waals surface area contributed by atoms with E-state index in [4.69, 9.17) is 0 Å². The number of alkyl halides is 3. The van der Waals surface area contributed by atoms with E-state index in [9.17, 15) is 13.2 Å². The SMILES string of the molecule is CCCCCCCCCC1CCC(c2ccc(C3CCC(C=CC(F)(F)F)CC3)cc2)CC1. The second-order valence-corrected chi connectivity index (χ2v) is 10.8. The molecule has 0 aliphatic heterocycles. The molecule has 0 bridgehead atoms. The fourth-order valence-electron chi connectivity index (χ4n) is 6.11. The van der Waals surface area contributed by atoms with E-state index in [1.165, 1.54) is 94.3 Å². The maximum absolute atomic E-state index is 12.4. The molecule has 2 aliphatic carbocycles. The Morgan fingerprint density at radius 1 is 0.697 bits per heavy atom. The third-order valence-corrected chi connectivity index (χ3v) is 8.27. The molecule has 33 heavy (non-hydrogen) atoms. The van der Waals surface area contributed by atoms with Crippen molar-refractivity contribution in [2.24, 2.45) is 11.8 Å². The summed E-state index contributed by atoms with van der Waals surface area (Å²) >= 11 is 0. The molecule has 3 rings (SSSR count). The summed E-state index contributed by atoms with van der Waals surface area (Å²) < 4.78 is 37.2. The summed E-state index contributed by atoms with van der Waals surface area (Å²) in [6, 6.07) is 9.28. The normalized spacial score (nSPS) is 26.7. The van der Waals surface area contributed by atoms with Crippen molar-refractivity contribution >= 4 is 0 Å². The van der Waals surface area contributed by atoms with Crippen LogP contribution in [0.3, 0.4) is 0 Å². The van der Waals surface area contributed by atoms with Gasteiger partial charge in [0.1, 0.15) is 0 Å². The van der Waals surface area contributed by atoms with Crippen LogP contribution in [0.25, 0.3) is 0 Å².